The molecule has 0 saturated carbocycles. The van der Waals surface area contributed by atoms with Gasteiger partial charge >= 0.3 is 0 Å². The normalized spacial score (nSPS) is 28.2. The second kappa shape index (κ2) is 9.06. The fraction of sp³-hybridized carbons (Fsp3) is 0.857. The number of ether oxygens (including phenoxy) is 1. The van der Waals surface area contributed by atoms with Gasteiger partial charge in [-0.05, 0) is 65.2 Å². The molecule has 6 nitrogen and oxygen atoms in total. The Bertz CT molecular complexity index is 624. The van der Waals surface area contributed by atoms with E-state index in [9.17, 15) is 5.11 Å². The number of aliphatic hydroxyl groups is 1. The van der Waals surface area contributed by atoms with E-state index < -0.39 is 5.60 Å². The molecule has 0 spiro atoms. The number of piperidine rings is 2. The molecular weight excluding hydrogens is 372 g/mol. The van der Waals surface area contributed by atoms with Crippen molar-refractivity contribution in [3.05, 3.63) is 16.1 Å². The Labute approximate surface area is 173 Å². The fourth-order valence-corrected chi connectivity index (χ4v) is 6.04. The Morgan fingerprint density at radius 2 is 1.93 bits per heavy atom. The summed E-state index contributed by atoms with van der Waals surface area (Å²) in [6.45, 7) is 7.17. The molecule has 0 amide bonds. The molecule has 1 atom stereocenters. The molecule has 1 N–H and O–H groups in total. The van der Waals surface area contributed by atoms with Gasteiger partial charge in [-0.3, -0.25) is 4.90 Å². The van der Waals surface area contributed by atoms with E-state index in [4.69, 9.17) is 9.72 Å². The molecule has 0 radical (unpaired) electrons. The molecule has 1 aromatic heterocycles. The number of rotatable bonds is 6. The predicted octanol–water partition coefficient (Wildman–Crippen LogP) is 2.13. The zero-order chi connectivity index (χ0) is 19.6. The van der Waals surface area contributed by atoms with Crippen molar-refractivity contribution in [1.82, 2.24) is 19.7 Å². The molecule has 1 unspecified atom stereocenters. The van der Waals surface area contributed by atoms with E-state index in [1.165, 1.54) is 38.8 Å². The van der Waals surface area contributed by atoms with E-state index in [2.05, 4.69) is 27.1 Å². The van der Waals surface area contributed by atoms with Gasteiger partial charge in [0.15, 0.2) is 0 Å². The summed E-state index contributed by atoms with van der Waals surface area (Å²) in [7, 11) is 4.00. The Morgan fingerprint density at radius 1 is 1.18 bits per heavy atom. The van der Waals surface area contributed by atoms with Crippen LogP contribution >= 0.6 is 11.3 Å². The largest absolute Gasteiger partial charge is 0.383 e. The van der Waals surface area contributed by atoms with Crippen molar-refractivity contribution in [3.63, 3.8) is 0 Å². The van der Waals surface area contributed by atoms with E-state index in [0.29, 0.717) is 12.1 Å². The highest BCUT2D eigenvalue weighted by atomic mass is 32.1. The average molecular weight is 409 g/mol. The lowest BCUT2D eigenvalue weighted by molar-refractivity contribution is -0.0440. The minimum Gasteiger partial charge on any atom is -0.383 e. The summed E-state index contributed by atoms with van der Waals surface area (Å²) in [5.41, 5.74) is 0.159. The first-order valence-corrected chi connectivity index (χ1v) is 11.8. The van der Waals surface area contributed by atoms with E-state index in [1.807, 2.05) is 0 Å². The highest BCUT2D eigenvalue weighted by molar-refractivity contribution is 7.09. The maximum absolute atomic E-state index is 11.3. The molecule has 0 aromatic carbocycles. The standard InChI is InChI=1S/C21H36N4O2S/c1-23-10-5-17(6-11-23)24-12-7-21(26,8-13-24)19-16-28-20(22-19)14-25-9-3-4-18(25)15-27-2/h16-18,26H,3-15H2,1-2H3. The first-order valence-electron chi connectivity index (χ1n) is 10.9. The van der Waals surface area contributed by atoms with E-state index in [0.717, 1.165) is 56.3 Å². The van der Waals surface area contributed by atoms with Crippen LogP contribution in [0.4, 0.5) is 0 Å². The summed E-state index contributed by atoms with van der Waals surface area (Å²) in [5, 5.41) is 14.5. The maximum atomic E-state index is 11.3. The van der Waals surface area contributed by atoms with Gasteiger partial charge in [-0.15, -0.1) is 11.3 Å². The van der Waals surface area contributed by atoms with E-state index >= 15 is 0 Å². The summed E-state index contributed by atoms with van der Waals surface area (Å²) in [6.07, 6.45) is 6.57. The number of likely N-dealkylation sites (tertiary alicyclic amines) is 3. The van der Waals surface area contributed by atoms with E-state index in [-0.39, 0.29) is 0 Å². The van der Waals surface area contributed by atoms with Crippen LogP contribution in [0, 0.1) is 0 Å². The van der Waals surface area contributed by atoms with Crippen LogP contribution in [-0.2, 0) is 16.9 Å². The molecule has 0 bridgehead atoms. The second-order valence-corrected chi connectivity index (χ2v) is 9.89. The minimum absolute atomic E-state index is 0.512. The first kappa shape index (κ1) is 20.7. The molecule has 7 heteroatoms. The quantitative estimate of drug-likeness (QED) is 0.778. The van der Waals surface area contributed by atoms with Crippen LogP contribution in [0.2, 0.25) is 0 Å². The third kappa shape index (κ3) is 4.60. The van der Waals surface area contributed by atoms with Crippen molar-refractivity contribution in [3.8, 4) is 0 Å². The average Bonchev–Trinajstić information content (AvgIpc) is 3.34. The molecular formula is C21H36N4O2S. The first-order chi connectivity index (χ1) is 13.6. The molecule has 1 aromatic rings. The van der Waals surface area contributed by atoms with Crippen LogP contribution < -0.4 is 0 Å². The maximum Gasteiger partial charge on any atom is 0.110 e. The van der Waals surface area contributed by atoms with Gasteiger partial charge in [-0.1, -0.05) is 0 Å². The third-order valence-electron chi connectivity index (χ3n) is 7.05. The van der Waals surface area contributed by atoms with Gasteiger partial charge < -0.3 is 19.6 Å². The van der Waals surface area contributed by atoms with Crippen LogP contribution in [0.5, 0.6) is 0 Å². The molecule has 3 aliphatic rings. The molecule has 4 heterocycles. The van der Waals surface area contributed by atoms with Gasteiger partial charge in [-0.25, -0.2) is 4.98 Å². The van der Waals surface area contributed by atoms with Crippen molar-refractivity contribution in [2.75, 3.05) is 53.5 Å². The molecule has 4 rings (SSSR count). The lowest BCUT2D eigenvalue weighted by Gasteiger charge is -2.43. The van der Waals surface area contributed by atoms with Crippen LogP contribution in [0.25, 0.3) is 0 Å². The van der Waals surface area contributed by atoms with Crippen molar-refractivity contribution in [2.45, 2.75) is 62.8 Å². The molecule has 158 valence electrons. The number of thiazole rings is 1. The van der Waals surface area contributed by atoms with Gasteiger partial charge in [0.05, 0.1) is 18.8 Å². The highest BCUT2D eigenvalue weighted by Gasteiger charge is 2.38. The minimum atomic E-state index is -0.742. The van der Waals surface area contributed by atoms with Gasteiger partial charge in [0.1, 0.15) is 10.6 Å². The summed E-state index contributed by atoms with van der Waals surface area (Å²) in [4.78, 5) is 12.4. The summed E-state index contributed by atoms with van der Waals surface area (Å²) in [5.74, 6) is 0. The van der Waals surface area contributed by atoms with Crippen molar-refractivity contribution in [1.29, 1.82) is 0 Å². The molecule has 3 aliphatic heterocycles. The number of aromatic nitrogens is 1. The second-order valence-electron chi connectivity index (χ2n) is 8.95. The van der Waals surface area contributed by atoms with Crippen LogP contribution in [-0.4, -0.2) is 90.4 Å². The number of hydrogen-bond acceptors (Lipinski definition) is 7. The zero-order valence-corrected chi connectivity index (χ0v) is 18.3. The molecule has 28 heavy (non-hydrogen) atoms. The fourth-order valence-electron chi connectivity index (χ4n) is 5.13. The van der Waals surface area contributed by atoms with Crippen molar-refractivity contribution in [2.24, 2.45) is 0 Å². The lowest BCUT2D eigenvalue weighted by atomic mass is 9.87. The topological polar surface area (TPSA) is 52.1 Å². The third-order valence-corrected chi connectivity index (χ3v) is 7.89. The Hall–Kier alpha value is -0.570. The zero-order valence-electron chi connectivity index (χ0n) is 17.5. The molecule has 3 saturated heterocycles. The highest BCUT2D eigenvalue weighted by Crippen LogP contribution is 2.35. The number of methoxy groups -OCH3 is 1. The van der Waals surface area contributed by atoms with Gasteiger partial charge in [0.2, 0.25) is 0 Å². The van der Waals surface area contributed by atoms with Gasteiger partial charge in [-0.2, -0.15) is 0 Å². The van der Waals surface area contributed by atoms with Crippen molar-refractivity contribution < 1.29 is 9.84 Å². The Morgan fingerprint density at radius 3 is 2.64 bits per heavy atom. The van der Waals surface area contributed by atoms with Crippen LogP contribution in [0.3, 0.4) is 0 Å². The van der Waals surface area contributed by atoms with Crippen LogP contribution in [0.15, 0.2) is 5.38 Å². The number of hydrogen-bond donors (Lipinski definition) is 1. The van der Waals surface area contributed by atoms with Crippen molar-refractivity contribution >= 4 is 11.3 Å². The van der Waals surface area contributed by atoms with Gasteiger partial charge in [0, 0.05) is 37.7 Å². The van der Waals surface area contributed by atoms with E-state index in [1.54, 1.807) is 18.4 Å². The van der Waals surface area contributed by atoms with Gasteiger partial charge in [0.25, 0.3) is 0 Å². The number of nitrogens with zero attached hydrogens (tertiary/aromatic N) is 4. The summed E-state index contributed by atoms with van der Waals surface area (Å²) in [6, 6.07) is 1.21. The smallest absolute Gasteiger partial charge is 0.110 e. The molecule has 3 fully saturated rings. The van der Waals surface area contributed by atoms with Crippen LogP contribution in [0.1, 0.15) is 49.2 Å². The predicted molar refractivity (Wildman–Crippen MR) is 113 cm³/mol. The SMILES string of the molecule is COCC1CCCN1Cc1nc(C2(O)CCN(C3CCN(C)CC3)CC2)cs1. The Balaban J connectivity index is 1.32. The Kier molecular flexibility index (Phi) is 6.70. The monoisotopic (exact) mass is 408 g/mol. The summed E-state index contributed by atoms with van der Waals surface area (Å²) < 4.78 is 5.37. The molecule has 0 aliphatic carbocycles. The lowest BCUT2D eigenvalue weighted by Crippen LogP contribution is -2.50. The summed E-state index contributed by atoms with van der Waals surface area (Å²) >= 11 is 1.71.